The summed E-state index contributed by atoms with van der Waals surface area (Å²) in [5.74, 6) is -0.0951. The molecule has 2 rings (SSSR count). The lowest BCUT2D eigenvalue weighted by Gasteiger charge is -2.26. The van der Waals surface area contributed by atoms with Crippen molar-refractivity contribution in [1.29, 1.82) is 0 Å². The monoisotopic (exact) mass is 332 g/mol. The van der Waals surface area contributed by atoms with Gasteiger partial charge in [-0.05, 0) is 31.0 Å². The number of anilines is 1. The van der Waals surface area contributed by atoms with E-state index >= 15 is 0 Å². The Morgan fingerprint density at radius 3 is 2.57 bits per heavy atom. The van der Waals surface area contributed by atoms with E-state index in [2.05, 4.69) is 9.88 Å². The Labute approximate surface area is 128 Å². The van der Waals surface area contributed by atoms with Crippen molar-refractivity contribution in [1.82, 2.24) is 4.31 Å². The number of hydrogen-bond acceptors (Lipinski definition) is 4. The number of nitrogens with two attached hydrogens (primary N) is 1. The lowest BCUT2D eigenvalue weighted by atomic mass is 10.2. The Morgan fingerprint density at radius 2 is 2.00 bits per heavy atom. The van der Waals surface area contributed by atoms with Gasteiger partial charge in [-0.15, -0.1) is 0 Å². The Hall–Kier alpha value is -1.51. The first-order valence-corrected chi connectivity index (χ1v) is 8.31. The summed E-state index contributed by atoms with van der Waals surface area (Å²) in [6.07, 6.45) is 2.76. The zero-order valence-electron chi connectivity index (χ0n) is 11.3. The van der Waals surface area contributed by atoms with E-state index in [1.807, 2.05) is 0 Å². The number of amidine groups is 1. The molecule has 0 spiro atoms. The fourth-order valence-electron chi connectivity index (χ4n) is 2.12. The van der Waals surface area contributed by atoms with E-state index < -0.39 is 10.2 Å². The van der Waals surface area contributed by atoms with Crippen LogP contribution >= 0.6 is 11.6 Å². The average Bonchev–Trinajstić information content (AvgIpc) is 2.49. The molecule has 1 aliphatic heterocycles. The molecule has 1 saturated heterocycles. The fourth-order valence-corrected chi connectivity index (χ4v) is 3.73. The highest BCUT2D eigenvalue weighted by molar-refractivity contribution is 7.90. The van der Waals surface area contributed by atoms with Crippen molar-refractivity contribution in [2.75, 3.05) is 17.8 Å². The molecule has 1 aromatic rings. The summed E-state index contributed by atoms with van der Waals surface area (Å²) in [5.41, 5.74) is 6.12. The summed E-state index contributed by atoms with van der Waals surface area (Å²) in [4.78, 5) is 0. The van der Waals surface area contributed by atoms with Crippen LogP contribution in [0.25, 0.3) is 0 Å². The number of nitrogens with zero attached hydrogens (tertiary/aromatic N) is 2. The van der Waals surface area contributed by atoms with Crippen LogP contribution in [0.2, 0.25) is 5.02 Å². The van der Waals surface area contributed by atoms with Gasteiger partial charge in [-0.2, -0.15) is 12.7 Å². The second kappa shape index (κ2) is 6.50. The van der Waals surface area contributed by atoms with Gasteiger partial charge in [-0.3, -0.25) is 4.72 Å². The number of benzene rings is 1. The van der Waals surface area contributed by atoms with Gasteiger partial charge in [0.2, 0.25) is 0 Å². The molecule has 0 unspecified atom stereocenters. The minimum Gasteiger partial charge on any atom is -0.409 e. The summed E-state index contributed by atoms with van der Waals surface area (Å²) in [5, 5.41) is 11.7. The molecule has 7 nitrogen and oxygen atoms in total. The molecular weight excluding hydrogens is 316 g/mol. The van der Waals surface area contributed by atoms with Gasteiger partial charge in [0.25, 0.3) is 0 Å². The first-order valence-electron chi connectivity index (χ1n) is 6.49. The number of rotatable bonds is 4. The van der Waals surface area contributed by atoms with Crippen LogP contribution in [-0.4, -0.2) is 36.9 Å². The van der Waals surface area contributed by atoms with Gasteiger partial charge in [0.1, 0.15) is 0 Å². The Balaban J connectivity index is 2.19. The van der Waals surface area contributed by atoms with Gasteiger partial charge in [0.15, 0.2) is 5.84 Å². The zero-order valence-corrected chi connectivity index (χ0v) is 12.9. The van der Waals surface area contributed by atoms with Gasteiger partial charge in [-0.1, -0.05) is 23.2 Å². The van der Waals surface area contributed by atoms with Crippen LogP contribution in [-0.2, 0) is 10.2 Å². The van der Waals surface area contributed by atoms with Crippen molar-refractivity contribution in [3.05, 3.63) is 28.8 Å². The normalized spacial score (nSPS) is 17.7. The van der Waals surface area contributed by atoms with E-state index in [4.69, 9.17) is 22.5 Å². The van der Waals surface area contributed by atoms with Crippen molar-refractivity contribution in [3.8, 4) is 0 Å². The fraction of sp³-hybridized carbons (Fsp3) is 0.417. The summed E-state index contributed by atoms with van der Waals surface area (Å²) >= 11 is 6.04. The predicted octanol–water partition coefficient (Wildman–Crippen LogP) is 1.58. The van der Waals surface area contributed by atoms with Crippen molar-refractivity contribution in [3.63, 3.8) is 0 Å². The van der Waals surface area contributed by atoms with Gasteiger partial charge >= 0.3 is 10.2 Å². The summed E-state index contributed by atoms with van der Waals surface area (Å²) < 4.78 is 28.4. The molecule has 1 aliphatic rings. The number of oxime groups is 1. The lowest BCUT2D eigenvalue weighted by molar-refractivity contribution is 0.318. The Bertz CT molecular complexity index is 642. The van der Waals surface area contributed by atoms with Crippen LogP contribution in [0, 0.1) is 0 Å². The highest BCUT2D eigenvalue weighted by atomic mass is 35.5. The molecule has 21 heavy (non-hydrogen) atoms. The smallest absolute Gasteiger partial charge is 0.301 e. The molecule has 0 amide bonds. The van der Waals surface area contributed by atoms with E-state index in [1.54, 1.807) is 0 Å². The molecule has 0 aromatic heterocycles. The van der Waals surface area contributed by atoms with Crippen LogP contribution in [0.4, 0.5) is 5.69 Å². The van der Waals surface area contributed by atoms with Crippen molar-refractivity contribution >= 4 is 33.3 Å². The number of hydrogen-bond donors (Lipinski definition) is 3. The molecule has 1 heterocycles. The molecule has 9 heteroatoms. The molecule has 0 radical (unpaired) electrons. The molecule has 0 saturated carbocycles. The maximum Gasteiger partial charge on any atom is 0.301 e. The summed E-state index contributed by atoms with van der Waals surface area (Å²) in [6.45, 7) is 1.02. The molecule has 116 valence electrons. The quantitative estimate of drug-likeness (QED) is 0.336. The third-order valence-electron chi connectivity index (χ3n) is 3.27. The van der Waals surface area contributed by atoms with E-state index in [0.29, 0.717) is 18.7 Å². The van der Waals surface area contributed by atoms with E-state index in [-0.39, 0.29) is 16.5 Å². The Kier molecular flexibility index (Phi) is 4.92. The van der Waals surface area contributed by atoms with E-state index in [9.17, 15) is 8.42 Å². The second-order valence-corrected chi connectivity index (χ2v) is 6.82. The standard InChI is InChI=1S/C12H17ClN4O3S/c13-10-8-9(12(14)15-18)4-5-11(10)16-21(19,20)17-6-2-1-3-7-17/h4-5,8,16,18H,1-3,6-7H2,(H2,14,15). The van der Waals surface area contributed by atoms with Crippen LogP contribution in [0.15, 0.2) is 23.4 Å². The minimum absolute atomic E-state index is 0.0951. The van der Waals surface area contributed by atoms with E-state index in [0.717, 1.165) is 19.3 Å². The highest BCUT2D eigenvalue weighted by Crippen LogP contribution is 2.25. The van der Waals surface area contributed by atoms with Crippen molar-refractivity contribution in [2.45, 2.75) is 19.3 Å². The summed E-state index contributed by atoms with van der Waals surface area (Å²) in [7, 11) is -3.61. The van der Waals surface area contributed by atoms with Crippen LogP contribution < -0.4 is 10.5 Å². The zero-order chi connectivity index (χ0) is 15.5. The molecule has 1 fully saturated rings. The number of halogens is 1. The van der Waals surface area contributed by atoms with Crippen molar-refractivity contribution in [2.24, 2.45) is 10.9 Å². The molecular formula is C12H17ClN4O3S. The topological polar surface area (TPSA) is 108 Å². The van der Waals surface area contributed by atoms with Crippen LogP contribution in [0.1, 0.15) is 24.8 Å². The van der Waals surface area contributed by atoms with Gasteiger partial charge in [0, 0.05) is 18.7 Å². The third kappa shape index (κ3) is 3.78. The predicted molar refractivity (Wildman–Crippen MR) is 81.9 cm³/mol. The maximum absolute atomic E-state index is 12.2. The lowest BCUT2D eigenvalue weighted by Crippen LogP contribution is -2.39. The van der Waals surface area contributed by atoms with Crippen molar-refractivity contribution < 1.29 is 13.6 Å². The van der Waals surface area contributed by atoms with Gasteiger partial charge in [0.05, 0.1) is 10.7 Å². The SMILES string of the molecule is N/C(=N/O)c1ccc(NS(=O)(=O)N2CCCCC2)c(Cl)c1. The first-order chi connectivity index (χ1) is 9.94. The summed E-state index contributed by atoms with van der Waals surface area (Å²) in [6, 6.07) is 4.44. The molecule has 4 N–H and O–H groups in total. The molecule has 0 bridgehead atoms. The minimum atomic E-state index is -3.61. The van der Waals surface area contributed by atoms with E-state index in [1.165, 1.54) is 22.5 Å². The highest BCUT2D eigenvalue weighted by Gasteiger charge is 2.24. The average molecular weight is 333 g/mol. The largest absolute Gasteiger partial charge is 0.409 e. The molecule has 1 aromatic carbocycles. The molecule has 0 aliphatic carbocycles. The maximum atomic E-state index is 12.2. The van der Waals surface area contributed by atoms with Crippen LogP contribution in [0.5, 0.6) is 0 Å². The van der Waals surface area contributed by atoms with Gasteiger partial charge < -0.3 is 10.9 Å². The molecule has 0 atom stereocenters. The number of nitrogens with one attached hydrogen (secondary N) is 1. The second-order valence-electron chi connectivity index (χ2n) is 4.75. The van der Waals surface area contributed by atoms with Gasteiger partial charge in [-0.25, -0.2) is 0 Å². The third-order valence-corrected chi connectivity index (χ3v) is 5.10. The van der Waals surface area contributed by atoms with Crippen LogP contribution in [0.3, 0.4) is 0 Å². The number of piperidine rings is 1. The Morgan fingerprint density at radius 1 is 1.33 bits per heavy atom. The first kappa shape index (κ1) is 15.9.